The molecule has 304 valence electrons. The summed E-state index contributed by atoms with van der Waals surface area (Å²) in [6, 6.07) is 12.4. The van der Waals surface area contributed by atoms with Crippen LogP contribution >= 0.6 is 11.6 Å². The van der Waals surface area contributed by atoms with Gasteiger partial charge in [-0.25, -0.2) is 19.1 Å². The molecule has 0 spiro atoms. The molecule has 0 saturated carbocycles. The molecule has 3 amide bonds. The highest BCUT2D eigenvalue weighted by Crippen LogP contribution is 2.37. The molecular formula is C38H45ClF3N9O5Si. The van der Waals surface area contributed by atoms with Gasteiger partial charge in [0.25, 0.3) is 11.8 Å². The van der Waals surface area contributed by atoms with Gasteiger partial charge in [-0.2, -0.15) is 18.3 Å². The number of hydrogen-bond acceptors (Lipinski definition) is 8. The highest BCUT2D eigenvalue weighted by atomic mass is 35.5. The van der Waals surface area contributed by atoms with Gasteiger partial charge >= 0.3 is 12.3 Å². The first kappa shape index (κ1) is 41.4. The number of hydrogen-bond donors (Lipinski definition) is 1. The number of alkyl halides is 3. The molecule has 1 aliphatic heterocycles. The van der Waals surface area contributed by atoms with Crippen LogP contribution < -0.4 is 5.32 Å². The summed E-state index contributed by atoms with van der Waals surface area (Å²) in [6.45, 7) is 13.8. The number of halogens is 4. The molecule has 0 radical (unpaired) electrons. The predicted octanol–water partition coefficient (Wildman–Crippen LogP) is 7.55. The van der Waals surface area contributed by atoms with Gasteiger partial charge < -0.3 is 29.2 Å². The molecule has 0 unspecified atom stereocenters. The fourth-order valence-electron chi connectivity index (χ4n) is 6.20. The van der Waals surface area contributed by atoms with Crippen LogP contribution in [-0.2, 0) is 29.4 Å². The third-order valence-electron chi connectivity index (χ3n) is 9.19. The summed E-state index contributed by atoms with van der Waals surface area (Å²) < 4.78 is 58.8. The number of aromatic nitrogens is 6. The molecule has 57 heavy (non-hydrogen) atoms. The zero-order valence-electron chi connectivity index (χ0n) is 32.8. The first-order valence-electron chi connectivity index (χ1n) is 18.3. The Balaban J connectivity index is 1.18. The van der Waals surface area contributed by atoms with E-state index in [9.17, 15) is 27.6 Å². The monoisotopic (exact) mass is 827 g/mol. The van der Waals surface area contributed by atoms with Crippen LogP contribution in [0.25, 0.3) is 28.0 Å². The SMILES string of the molecule is Cn1c(-c2cn(-c3nn(COCC[Si](C)(C)C)c4ccccc34)nc2C(F)(F)F)cnc1C(=O)Nc1ccc(C(=O)N2CCN(C(=O)OC(C)(C)C)CC2)c(Cl)c1. The van der Waals surface area contributed by atoms with Gasteiger partial charge in [-0.15, -0.1) is 5.10 Å². The van der Waals surface area contributed by atoms with Gasteiger partial charge in [0.05, 0.1) is 33.6 Å². The first-order chi connectivity index (χ1) is 26.7. The third kappa shape index (κ3) is 9.51. The van der Waals surface area contributed by atoms with Gasteiger partial charge in [-0.1, -0.05) is 43.4 Å². The lowest BCUT2D eigenvalue weighted by Crippen LogP contribution is -2.51. The minimum atomic E-state index is -4.85. The van der Waals surface area contributed by atoms with Crippen molar-refractivity contribution in [2.45, 2.75) is 65.0 Å². The van der Waals surface area contributed by atoms with Crippen LogP contribution in [0.2, 0.25) is 30.7 Å². The number of para-hydroxylation sites is 1. The third-order valence-corrected chi connectivity index (χ3v) is 11.2. The van der Waals surface area contributed by atoms with E-state index in [2.05, 4.69) is 40.1 Å². The quantitative estimate of drug-likeness (QED) is 0.112. The summed E-state index contributed by atoms with van der Waals surface area (Å²) in [4.78, 5) is 46.4. The van der Waals surface area contributed by atoms with E-state index in [1.807, 2.05) is 12.1 Å². The highest BCUT2D eigenvalue weighted by Gasteiger charge is 2.39. The van der Waals surface area contributed by atoms with Gasteiger partial charge in [0.2, 0.25) is 0 Å². The zero-order chi connectivity index (χ0) is 41.4. The Morgan fingerprint density at radius 1 is 0.965 bits per heavy atom. The van der Waals surface area contributed by atoms with Crippen LogP contribution in [0, 0.1) is 0 Å². The Kier molecular flexibility index (Phi) is 11.6. The van der Waals surface area contributed by atoms with E-state index in [1.165, 1.54) is 42.2 Å². The minimum absolute atomic E-state index is 0.0112. The van der Waals surface area contributed by atoms with Crippen molar-refractivity contribution >= 4 is 54.2 Å². The number of rotatable bonds is 10. The maximum absolute atomic E-state index is 14.5. The summed E-state index contributed by atoms with van der Waals surface area (Å²) >= 11 is 6.51. The topological polar surface area (TPSA) is 142 Å². The standard InChI is InChI=1S/C38H45ClF3N9O5Si/c1-37(2,3)56-36(54)49-16-14-48(15-17-49)35(53)25-13-12-24(20-28(25)39)44-34(52)33-43-21-30(47(33)4)27-22-50(45-31(27)38(40,41)42)32-26-10-8-9-11-29(26)51(46-32)23-55-18-19-57(5,6)7/h8-13,20-22H,14-19,23H2,1-7H3,(H,44,52). The molecule has 19 heteroatoms. The van der Waals surface area contributed by atoms with Crippen LogP contribution in [0.4, 0.5) is 23.7 Å². The number of nitrogens with one attached hydrogen (secondary N) is 1. The number of amides is 3. The number of piperazine rings is 1. The number of ether oxygens (including phenoxy) is 2. The molecule has 0 aliphatic carbocycles. The van der Waals surface area contributed by atoms with E-state index in [4.69, 9.17) is 21.1 Å². The lowest BCUT2D eigenvalue weighted by molar-refractivity contribution is -0.140. The van der Waals surface area contributed by atoms with E-state index >= 15 is 0 Å². The summed E-state index contributed by atoms with van der Waals surface area (Å²) in [7, 11) is 0.0848. The van der Waals surface area contributed by atoms with Crippen LogP contribution in [0.1, 0.15) is 47.4 Å². The van der Waals surface area contributed by atoms with Crippen molar-refractivity contribution in [2.75, 3.05) is 38.1 Å². The van der Waals surface area contributed by atoms with Crippen LogP contribution in [0.5, 0.6) is 0 Å². The average Bonchev–Trinajstić information content (AvgIpc) is 3.84. The molecule has 4 heterocycles. The van der Waals surface area contributed by atoms with Crippen molar-refractivity contribution in [3.05, 3.63) is 77.0 Å². The van der Waals surface area contributed by atoms with E-state index in [-0.39, 0.29) is 64.9 Å². The molecule has 6 rings (SSSR count). The number of anilines is 1. The molecule has 5 aromatic rings. The van der Waals surface area contributed by atoms with Crippen LogP contribution in [0.3, 0.4) is 0 Å². The molecule has 1 aliphatic rings. The fraction of sp³-hybridized carbons (Fsp3) is 0.421. The van der Waals surface area contributed by atoms with Crippen molar-refractivity contribution < 1.29 is 37.0 Å². The zero-order valence-corrected chi connectivity index (χ0v) is 34.5. The Labute approximate surface area is 333 Å². The van der Waals surface area contributed by atoms with E-state index in [0.717, 1.165) is 10.7 Å². The largest absolute Gasteiger partial charge is 0.444 e. The van der Waals surface area contributed by atoms with Crippen molar-refractivity contribution in [1.29, 1.82) is 0 Å². The lowest BCUT2D eigenvalue weighted by Gasteiger charge is -2.35. The normalized spacial score (nSPS) is 14.0. The number of carbonyl (C=O) groups excluding carboxylic acids is 3. The van der Waals surface area contributed by atoms with Crippen molar-refractivity contribution in [1.82, 2.24) is 38.9 Å². The predicted molar refractivity (Wildman–Crippen MR) is 211 cm³/mol. The van der Waals surface area contributed by atoms with Crippen molar-refractivity contribution in [3.8, 4) is 17.1 Å². The van der Waals surface area contributed by atoms with E-state index < -0.39 is 37.5 Å². The maximum Gasteiger partial charge on any atom is 0.435 e. The number of imidazole rings is 1. The first-order valence-corrected chi connectivity index (χ1v) is 22.4. The van der Waals surface area contributed by atoms with Crippen LogP contribution in [-0.4, -0.2) is 103 Å². The molecule has 3 aromatic heterocycles. The summed E-state index contributed by atoms with van der Waals surface area (Å²) in [5, 5.41) is 11.8. The number of fused-ring (bicyclic) bond motifs is 1. The van der Waals surface area contributed by atoms with Gasteiger partial charge in [-0.3, -0.25) is 9.59 Å². The fourth-order valence-corrected chi connectivity index (χ4v) is 7.22. The molecule has 1 fully saturated rings. The van der Waals surface area contributed by atoms with Crippen molar-refractivity contribution in [3.63, 3.8) is 0 Å². The summed E-state index contributed by atoms with van der Waals surface area (Å²) in [5.74, 6) is -1.08. The molecule has 0 atom stereocenters. The van der Waals surface area contributed by atoms with E-state index in [0.29, 0.717) is 30.6 Å². The number of benzene rings is 2. The number of carbonyl (C=O) groups is 3. The van der Waals surface area contributed by atoms with Gasteiger partial charge in [0.1, 0.15) is 12.3 Å². The smallest absolute Gasteiger partial charge is 0.435 e. The Morgan fingerprint density at radius 3 is 2.30 bits per heavy atom. The van der Waals surface area contributed by atoms with E-state index in [1.54, 1.807) is 47.4 Å². The second-order valence-electron chi connectivity index (χ2n) is 16.0. The lowest BCUT2D eigenvalue weighted by atomic mass is 10.1. The highest BCUT2D eigenvalue weighted by molar-refractivity contribution is 6.76. The van der Waals surface area contributed by atoms with Crippen molar-refractivity contribution in [2.24, 2.45) is 7.05 Å². The molecule has 0 bridgehead atoms. The molecule has 14 nitrogen and oxygen atoms in total. The van der Waals surface area contributed by atoms with Gasteiger partial charge in [0, 0.05) is 65.2 Å². The second-order valence-corrected chi connectivity index (χ2v) is 22.0. The molecule has 1 N–H and O–H groups in total. The second kappa shape index (κ2) is 16.0. The summed E-state index contributed by atoms with van der Waals surface area (Å²) in [5.41, 5.74) is -1.04. The van der Waals surface area contributed by atoms with Gasteiger partial charge in [0.15, 0.2) is 17.3 Å². The molecule has 1 saturated heterocycles. The molecular weight excluding hydrogens is 783 g/mol. The Bertz CT molecular complexity index is 2300. The minimum Gasteiger partial charge on any atom is -0.444 e. The Morgan fingerprint density at radius 2 is 1.65 bits per heavy atom. The van der Waals surface area contributed by atoms with Gasteiger partial charge in [-0.05, 0) is 57.1 Å². The average molecular weight is 828 g/mol. The Hall–Kier alpha value is -5.20. The number of nitrogens with zero attached hydrogens (tertiary/aromatic N) is 8. The summed E-state index contributed by atoms with van der Waals surface area (Å²) in [6.07, 6.45) is -2.91. The maximum atomic E-state index is 14.5. The van der Waals surface area contributed by atoms with Crippen LogP contribution in [0.15, 0.2) is 54.9 Å². The molecule has 2 aromatic carbocycles.